The van der Waals surface area contributed by atoms with Gasteiger partial charge in [0.25, 0.3) is 0 Å². The molecule has 0 fully saturated rings. The van der Waals surface area contributed by atoms with E-state index in [2.05, 4.69) is 5.10 Å². The molecular formula is C14H17Cl2N3. The van der Waals surface area contributed by atoms with Crippen LogP contribution in [0, 0.1) is 13.8 Å². The number of benzene rings is 1. The lowest BCUT2D eigenvalue weighted by atomic mass is 10.1. The summed E-state index contributed by atoms with van der Waals surface area (Å²) in [6.07, 6.45) is 0.766. The maximum absolute atomic E-state index is 6.21. The maximum atomic E-state index is 6.21. The van der Waals surface area contributed by atoms with Gasteiger partial charge in [-0.3, -0.25) is 0 Å². The van der Waals surface area contributed by atoms with E-state index >= 15 is 0 Å². The standard InChI is InChI=1S/C14H17Cl2N3/c1-8(17)6-11-4-5-12(15)7-13(11)19-10(3)14(16)9(2)18-19/h4-5,7-8H,6,17H2,1-3H3. The Morgan fingerprint density at radius 3 is 2.53 bits per heavy atom. The van der Waals surface area contributed by atoms with E-state index in [9.17, 15) is 0 Å². The normalized spacial score (nSPS) is 12.7. The Labute approximate surface area is 123 Å². The second-order valence-corrected chi connectivity index (χ2v) is 5.67. The zero-order chi connectivity index (χ0) is 14.2. The van der Waals surface area contributed by atoms with Crippen molar-refractivity contribution in [3.63, 3.8) is 0 Å². The molecule has 1 aromatic carbocycles. The molecule has 1 atom stereocenters. The van der Waals surface area contributed by atoms with Crippen molar-refractivity contribution in [1.82, 2.24) is 9.78 Å². The van der Waals surface area contributed by atoms with Crippen LogP contribution in [0.4, 0.5) is 0 Å². The predicted octanol–water partition coefficient (Wildman–Crippen LogP) is 3.69. The number of nitrogens with zero attached hydrogens (tertiary/aromatic N) is 2. The number of hydrogen-bond acceptors (Lipinski definition) is 2. The topological polar surface area (TPSA) is 43.8 Å². The van der Waals surface area contributed by atoms with Crippen LogP contribution in [0.15, 0.2) is 18.2 Å². The third kappa shape index (κ3) is 2.94. The average molecular weight is 298 g/mol. The van der Waals surface area contributed by atoms with Gasteiger partial charge < -0.3 is 5.73 Å². The molecule has 1 unspecified atom stereocenters. The molecule has 2 rings (SSSR count). The third-order valence-electron chi connectivity index (χ3n) is 3.02. The molecule has 0 saturated carbocycles. The molecule has 0 spiro atoms. The van der Waals surface area contributed by atoms with Crippen LogP contribution in [-0.4, -0.2) is 15.8 Å². The Morgan fingerprint density at radius 2 is 2.00 bits per heavy atom. The Hall–Kier alpha value is -1.03. The van der Waals surface area contributed by atoms with Crippen LogP contribution in [0.2, 0.25) is 10.0 Å². The summed E-state index contributed by atoms with van der Waals surface area (Å²) >= 11 is 12.3. The highest BCUT2D eigenvalue weighted by molar-refractivity contribution is 6.32. The predicted molar refractivity (Wildman–Crippen MR) is 80.4 cm³/mol. The van der Waals surface area contributed by atoms with Crippen LogP contribution in [0.5, 0.6) is 0 Å². The summed E-state index contributed by atoms with van der Waals surface area (Å²) in [6, 6.07) is 5.84. The minimum atomic E-state index is 0.0763. The van der Waals surface area contributed by atoms with Crippen LogP contribution < -0.4 is 5.73 Å². The van der Waals surface area contributed by atoms with Crippen molar-refractivity contribution in [2.45, 2.75) is 33.2 Å². The van der Waals surface area contributed by atoms with E-state index in [-0.39, 0.29) is 6.04 Å². The summed E-state index contributed by atoms with van der Waals surface area (Å²) in [4.78, 5) is 0. The Morgan fingerprint density at radius 1 is 1.32 bits per heavy atom. The molecular weight excluding hydrogens is 281 g/mol. The van der Waals surface area contributed by atoms with Gasteiger partial charge in [-0.2, -0.15) is 5.10 Å². The lowest BCUT2D eigenvalue weighted by molar-refractivity contribution is 0.724. The molecule has 102 valence electrons. The number of rotatable bonds is 3. The van der Waals surface area contributed by atoms with E-state index in [4.69, 9.17) is 28.9 Å². The number of nitrogens with two attached hydrogens (primary N) is 1. The van der Waals surface area contributed by atoms with Gasteiger partial charge in [0.15, 0.2) is 0 Å². The molecule has 2 N–H and O–H groups in total. The molecule has 0 aliphatic rings. The maximum Gasteiger partial charge on any atom is 0.0848 e. The first kappa shape index (κ1) is 14.4. The highest BCUT2D eigenvalue weighted by atomic mass is 35.5. The molecule has 19 heavy (non-hydrogen) atoms. The van der Waals surface area contributed by atoms with Crippen LogP contribution in [0.3, 0.4) is 0 Å². The summed E-state index contributed by atoms with van der Waals surface area (Å²) < 4.78 is 1.83. The fourth-order valence-electron chi connectivity index (χ4n) is 2.11. The van der Waals surface area contributed by atoms with Crippen molar-refractivity contribution in [2.24, 2.45) is 5.73 Å². The van der Waals surface area contributed by atoms with Crippen molar-refractivity contribution in [3.05, 3.63) is 45.2 Å². The number of hydrogen-bond donors (Lipinski definition) is 1. The van der Waals surface area contributed by atoms with E-state index in [0.717, 1.165) is 29.1 Å². The van der Waals surface area contributed by atoms with E-state index in [1.165, 1.54) is 0 Å². The van der Waals surface area contributed by atoms with Crippen LogP contribution in [0.25, 0.3) is 5.69 Å². The van der Waals surface area contributed by atoms with Gasteiger partial charge in [0.2, 0.25) is 0 Å². The minimum absolute atomic E-state index is 0.0763. The van der Waals surface area contributed by atoms with Crippen LogP contribution in [0.1, 0.15) is 23.9 Å². The molecule has 1 heterocycles. The van der Waals surface area contributed by atoms with E-state index < -0.39 is 0 Å². The van der Waals surface area contributed by atoms with Gasteiger partial charge in [-0.1, -0.05) is 29.3 Å². The lowest BCUT2D eigenvalue weighted by Crippen LogP contribution is -2.19. The number of aromatic nitrogens is 2. The Kier molecular flexibility index (Phi) is 4.19. The van der Waals surface area contributed by atoms with E-state index in [0.29, 0.717) is 10.0 Å². The first-order valence-electron chi connectivity index (χ1n) is 6.16. The Balaban J connectivity index is 2.59. The summed E-state index contributed by atoms with van der Waals surface area (Å²) in [6.45, 7) is 5.81. The van der Waals surface area contributed by atoms with Crippen molar-refractivity contribution < 1.29 is 0 Å². The number of halogens is 2. The molecule has 0 saturated heterocycles. The van der Waals surface area contributed by atoms with Crippen molar-refractivity contribution in [2.75, 3.05) is 0 Å². The molecule has 5 heteroatoms. The zero-order valence-electron chi connectivity index (χ0n) is 11.2. The fourth-order valence-corrected chi connectivity index (χ4v) is 2.40. The van der Waals surface area contributed by atoms with Gasteiger partial charge in [-0.25, -0.2) is 4.68 Å². The van der Waals surface area contributed by atoms with Crippen molar-refractivity contribution in [1.29, 1.82) is 0 Å². The second kappa shape index (κ2) is 5.53. The Bertz CT molecular complexity index is 603. The van der Waals surface area contributed by atoms with Gasteiger partial charge in [0.05, 0.1) is 22.1 Å². The monoisotopic (exact) mass is 297 g/mol. The first-order valence-corrected chi connectivity index (χ1v) is 6.92. The SMILES string of the molecule is Cc1nn(-c2cc(Cl)ccc2CC(C)N)c(C)c1Cl. The third-order valence-corrected chi connectivity index (χ3v) is 3.80. The largest absolute Gasteiger partial charge is 0.328 e. The van der Waals surface area contributed by atoms with Crippen molar-refractivity contribution in [3.8, 4) is 5.69 Å². The molecule has 1 aromatic heterocycles. The van der Waals surface area contributed by atoms with Crippen LogP contribution in [-0.2, 0) is 6.42 Å². The highest BCUT2D eigenvalue weighted by Crippen LogP contribution is 2.26. The molecule has 2 aromatic rings. The molecule has 3 nitrogen and oxygen atoms in total. The molecule has 0 amide bonds. The number of aryl methyl sites for hydroxylation is 1. The second-order valence-electron chi connectivity index (χ2n) is 4.85. The van der Waals surface area contributed by atoms with Crippen molar-refractivity contribution >= 4 is 23.2 Å². The van der Waals surface area contributed by atoms with Gasteiger partial charge in [-0.15, -0.1) is 0 Å². The lowest BCUT2D eigenvalue weighted by Gasteiger charge is -2.13. The fraction of sp³-hybridized carbons (Fsp3) is 0.357. The van der Waals surface area contributed by atoms with Gasteiger partial charge in [-0.05, 0) is 44.9 Å². The summed E-state index contributed by atoms with van der Waals surface area (Å²) in [5.41, 5.74) is 9.67. The van der Waals surface area contributed by atoms with Gasteiger partial charge in [0, 0.05) is 11.1 Å². The average Bonchev–Trinajstić information content (AvgIpc) is 2.59. The quantitative estimate of drug-likeness (QED) is 0.939. The summed E-state index contributed by atoms with van der Waals surface area (Å²) in [5.74, 6) is 0. The molecule has 0 bridgehead atoms. The van der Waals surface area contributed by atoms with Gasteiger partial charge in [0.1, 0.15) is 0 Å². The van der Waals surface area contributed by atoms with Gasteiger partial charge >= 0.3 is 0 Å². The molecule has 0 radical (unpaired) electrons. The molecule has 0 aliphatic carbocycles. The minimum Gasteiger partial charge on any atom is -0.328 e. The smallest absolute Gasteiger partial charge is 0.0848 e. The molecule has 0 aliphatic heterocycles. The summed E-state index contributed by atoms with van der Waals surface area (Å²) in [7, 11) is 0. The highest BCUT2D eigenvalue weighted by Gasteiger charge is 2.14. The van der Waals surface area contributed by atoms with Crippen LogP contribution >= 0.6 is 23.2 Å². The van der Waals surface area contributed by atoms with E-state index in [1.807, 2.05) is 43.7 Å². The summed E-state index contributed by atoms with van der Waals surface area (Å²) in [5, 5.41) is 5.83. The van der Waals surface area contributed by atoms with E-state index in [1.54, 1.807) is 0 Å². The zero-order valence-corrected chi connectivity index (χ0v) is 12.8. The first-order chi connectivity index (χ1) is 8.90.